The van der Waals surface area contributed by atoms with Crippen LogP contribution in [0.5, 0.6) is 0 Å². The number of aromatic nitrogens is 2. The highest BCUT2D eigenvalue weighted by molar-refractivity contribution is 7.89. The number of hydrazine groups is 1. The quantitative estimate of drug-likeness (QED) is 0.450. The van der Waals surface area contributed by atoms with Crippen LogP contribution in [0.1, 0.15) is 36.0 Å². The van der Waals surface area contributed by atoms with E-state index in [9.17, 15) is 26.0 Å². The predicted molar refractivity (Wildman–Crippen MR) is 122 cm³/mol. The summed E-state index contributed by atoms with van der Waals surface area (Å²) in [5, 5.41) is -0.300. The van der Waals surface area contributed by atoms with Crippen molar-refractivity contribution in [2.75, 3.05) is 12.0 Å². The molecule has 1 heterocycles. The Labute approximate surface area is 197 Å². The van der Waals surface area contributed by atoms with Gasteiger partial charge >= 0.3 is 0 Å². The highest BCUT2D eigenvalue weighted by Gasteiger charge is 2.27. The molecule has 1 saturated carbocycles. The van der Waals surface area contributed by atoms with Crippen LogP contribution < -0.4 is 15.0 Å². The molecule has 0 unspecified atom stereocenters. The highest BCUT2D eigenvalue weighted by atomic mass is 35.5. The number of rotatable bonds is 8. The lowest BCUT2D eigenvalue weighted by atomic mass is 9.88. The molecule has 3 rings (SSSR count). The van der Waals surface area contributed by atoms with Crippen molar-refractivity contribution >= 4 is 37.6 Å². The first kappa shape index (κ1) is 25.6. The topological polar surface area (TPSA) is 139 Å². The fraction of sp³-hybridized carbons (Fsp3) is 0.474. The molecule has 10 nitrogen and oxygen atoms in total. The number of benzene rings is 1. The molecule has 0 spiro atoms. The Morgan fingerprint density at radius 2 is 1.88 bits per heavy atom. The Morgan fingerprint density at radius 3 is 2.45 bits per heavy atom. The Balaban J connectivity index is 1.60. The lowest BCUT2D eigenvalue weighted by Crippen LogP contribution is -2.45. The molecule has 14 heteroatoms. The van der Waals surface area contributed by atoms with E-state index in [0.717, 1.165) is 6.26 Å². The maximum absolute atomic E-state index is 14.5. The number of imidazole rings is 1. The molecule has 0 atom stereocenters. The van der Waals surface area contributed by atoms with Crippen molar-refractivity contribution in [1.29, 1.82) is 0 Å². The zero-order chi connectivity index (χ0) is 24.4. The van der Waals surface area contributed by atoms with Gasteiger partial charge in [-0.05, 0) is 43.7 Å². The van der Waals surface area contributed by atoms with E-state index in [1.54, 1.807) is 17.8 Å². The molecule has 1 amide bonds. The van der Waals surface area contributed by atoms with Crippen LogP contribution in [0, 0.1) is 11.7 Å². The third-order valence-electron chi connectivity index (χ3n) is 5.28. The molecule has 33 heavy (non-hydrogen) atoms. The summed E-state index contributed by atoms with van der Waals surface area (Å²) in [5.74, 6) is -2.44. The molecule has 1 aliphatic carbocycles. The third kappa shape index (κ3) is 7.21. The summed E-state index contributed by atoms with van der Waals surface area (Å²) in [6.07, 6.45) is 6.33. The molecule has 0 saturated heterocycles. The van der Waals surface area contributed by atoms with Crippen molar-refractivity contribution in [1.82, 2.24) is 24.5 Å². The van der Waals surface area contributed by atoms with Gasteiger partial charge in [-0.15, -0.1) is 4.83 Å². The van der Waals surface area contributed by atoms with Crippen LogP contribution >= 0.6 is 11.6 Å². The maximum atomic E-state index is 14.5. The second-order valence-electron chi connectivity index (χ2n) is 8.19. The molecule has 1 aromatic heterocycles. The molecule has 1 aromatic carbocycles. The standard InChI is InChI=1S/C19H25ClFN5O5S2/c1-26-9-17(22-11-26)13-7-15(18(21)16(20)8-13)19(27)23-25-33(30,31)10-12-3-5-14(6-4-12)24-32(2,28)29/h7-9,11-12,14,24-25H,3-6,10H2,1-2H3,(H,23,27)/t12-,14-. The number of halogens is 2. The van der Waals surface area contributed by atoms with Gasteiger partial charge in [-0.25, -0.2) is 30.9 Å². The highest BCUT2D eigenvalue weighted by Crippen LogP contribution is 2.27. The smallest absolute Gasteiger partial charge is 0.269 e. The summed E-state index contributed by atoms with van der Waals surface area (Å²) in [6.45, 7) is 0. The number of hydrogen-bond donors (Lipinski definition) is 3. The number of amides is 1. The van der Waals surface area contributed by atoms with Crippen molar-refractivity contribution in [3.63, 3.8) is 0 Å². The maximum Gasteiger partial charge on any atom is 0.269 e. The first-order valence-electron chi connectivity index (χ1n) is 10.1. The van der Waals surface area contributed by atoms with E-state index >= 15 is 0 Å². The van der Waals surface area contributed by atoms with E-state index in [-0.39, 0.29) is 22.7 Å². The lowest BCUT2D eigenvalue weighted by Gasteiger charge is -2.28. The molecule has 0 radical (unpaired) electrons. The SMILES string of the molecule is Cn1cnc(-c2cc(Cl)c(F)c(C(=O)NNS(=O)(=O)C[C@H]3CC[C@H](NS(C)(=O)=O)CC3)c2)c1. The van der Waals surface area contributed by atoms with Crippen LogP contribution in [0.4, 0.5) is 4.39 Å². The van der Waals surface area contributed by atoms with Gasteiger partial charge in [-0.2, -0.15) is 0 Å². The van der Waals surface area contributed by atoms with Crippen molar-refractivity contribution in [3.05, 3.63) is 41.1 Å². The Hall–Kier alpha value is -2.06. The minimum Gasteiger partial charge on any atom is -0.340 e. The number of carbonyl (C=O) groups is 1. The van der Waals surface area contributed by atoms with Crippen molar-refractivity contribution in [2.45, 2.75) is 31.7 Å². The molecule has 3 N–H and O–H groups in total. The van der Waals surface area contributed by atoms with E-state index in [4.69, 9.17) is 11.6 Å². The van der Waals surface area contributed by atoms with E-state index in [1.807, 2.05) is 10.3 Å². The minimum absolute atomic E-state index is 0.198. The largest absolute Gasteiger partial charge is 0.340 e. The Morgan fingerprint density at radius 1 is 1.21 bits per heavy atom. The van der Waals surface area contributed by atoms with Gasteiger partial charge in [0, 0.05) is 24.8 Å². The van der Waals surface area contributed by atoms with Crippen molar-refractivity contribution < 1.29 is 26.0 Å². The normalized spacial score (nSPS) is 19.4. The summed E-state index contributed by atoms with van der Waals surface area (Å²) in [5.41, 5.74) is 2.46. The predicted octanol–water partition coefficient (Wildman–Crippen LogP) is 1.55. The number of nitrogens with zero attached hydrogens (tertiary/aromatic N) is 2. The number of nitrogens with one attached hydrogen (secondary N) is 3. The zero-order valence-electron chi connectivity index (χ0n) is 18.0. The van der Waals surface area contributed by atoms with Gasteiger partial charge in [0.05, 0.1) is 34.6 Å². The van der Waals surface area contributed by atoms with E-state index in [1.165, 1.54) is 18.5 Å². The summed E-state index contributed by atoms with van der Waals surface area (Å²) in [7, 11) is -5.48. The molecular formula is C19H25ClFN5O5S2. The number of carbonyl (C=O) groups excluding carboxylic acids is 1. The van der Waals surface area contributed by atoms with Gasteiger partial charge in [0.25, 0.3) is 5.91 Å². The summed E-state index contributed by atoms with van der Waals surface area (Å²) in [4.78, 5) is 18.6. The zero-order valence-corrected chi connectivity index (χ0v) is 20.4. The van der Waals surface area contributed by atoms with Crippen molar-refractivity contribution in [3.8, 4) is 11.3 Å². The molecule has 0 aliphatic heterocycles. The van der Waals surface area contributed by atoms with Gasteiger partial charge < -0.3 is 4.57 Å². The van der Waals surface area contributed by atoms with Crippen molar-refractivity contribution in [2.24, 2.45) is 13.0 Å². The van der Waals surface area contributed by atoms with Gasteiger partial charge in [-0.3, -0.25) is 10.2 Å². The molecule has 2 aromatic rings. The summed E-state index contributed by atoms with van der Waals surface area (Å²) >= 11 is 5.92. The number of sulfonamides is 2. The minimum atomic E-state index is -3.91. The van der Waals surface area contributed by atoms with Gasteiger partial charge in [0.2, 0.25) is 20.0 Å². The summed E-state index contributed by atoms with van der Waals surface area (Å²) < 4.78 is 66.1. The number of hydrogen-bond acceptors (Lipinski definition) is 6. The second kappa shape index (κ2) is 10.1. The molecule has 0 bridgehead atoms. The first-order valence-corrected chi connectivity index (χ1v) is 14.0. The van der Waals surface area contributed by atoms with E-state index in [2.05, 4.69) is 9.71 Å². The third-order valence-corrected chi connectivity index (χ3v) is 7.64. The monoisotopic (exact) mass is 521 g/mol. The Kier molecular flexibility index (Phi) is 7.79. The fourth-order valence-corrected chi connectivity index (χ4v) is 6.10. The van der Waals surface area contributed by atoms with Crippen LogP contribution in [0.25, 0.3) is 11.3 Å². The Bertz CT molecular complexity index is 1240. The molecule has 1 fully saturated rings. The van der Waals surface area contributed by atoms with Crippen LogP contribution in [0.2, 0.25) is 5.02 Å². The molecule has 1 aliphatic rings. The van der Waals surface area contributed by atoms with Gasteiger partial charge in [0.15, 0.2) is 5.82 Å². The van der Waals surface area contributed by atoms with Gasteiger partial charge in [0.1, 0.15) is 0 Å². The molecule has 182 valence electrons. The summed E-state index contributed by atoms with van der Waals surface area (Å²) in [6, 6.07) is 2.35. The average molecular weight is 522 g/mol. The van der Waals surface area contributed by atoms with Crippen LogP contribution in [0.3, 0.4) is 0 Å². The van der Waals surface area contributed by atoms with Crippen LogP contribution in [-0.4, -0.2) is 50.3 Å². The molecular weight excluding hydrogens is 497 g/mol. The van der Waals surface area contributed by atoms with Crippen LogP contribution in [0.15, 0.2) is 24.7 Å². The average Bonchev–Trinajstić information content (AvgIpc) is 3.15. The van der Waals surface area contributed by atoms with Gasteiger partial charge in [-0.1, -0.05) is 11.6 Å². The number of aryl methyl sites for hydroxylation is 1. The van der Waals surface area contributed by atoms with E-state index in [0.29, 0.717) is 36.9 Å². The van der Waals surface area contributed by atoms with Crippen LogP contribution in [-0.2, 0) is 27.1 Å². The van der Waals surface area contributed by atoms with E-state index < -0.39 is 37.3 Å². The first-order chi connectivity index (χ1) is 15.3. The fourth-order valence-electron chi connectivity index (χ4n) is 3.76. The lowest BCUT2D eigenvalue weighted by molar-refractivity contribution is 0.0941. The second-order valence-corrected chi connectivity index (χ2v) is 12.1.